The fourth-order valence-corrected chi connectivity index (χ4v) is 8.87. The molecule has 0 radical (unpaired) electrons. The summed E-state index contributed by atoms with van der Waals surface area (Å²) >= 11 is 0. The van der Waals surface area contributed by atoms with Crippen molar-refractivity contribution in [2.45, 2.75) is 34.6 Å². The maximum absolute atomic E-state index is 2.58. The molecule has 5 aliphatic rings. The van der Waals surface area contributed by atoms with E-state index in [0.717, 1.165) is 17.1 Å². The van der Waals surface area contributed by atoms with E-state index >= 15 is 0 Å². The maximum atomic E-state index is 2.58. The average Bonchev–Trinajstić information content (AvgIpc) is 3.24. The minimum Gasteiger partial charge on any atom is -0.310 e. The van der Waals surface area contributed by atoms with Crippen LogP contribution in [0, 0.1) is 22.7 Å². The van der Waals surface area contributed by atoms with Crippen molar-refractivity contribution in [1.29, 1.82) is 0 Å². The monoisotopic (exact) mass is 647 g/mol. The molecule has 50 heavy (non-hydrogen) atoms. The summed E-state index contributed by atoms with van der Waals surface area (Å²) < 4.78 is 0. The van der Waals surface area contributed by atoms with Crippen LogP contribution in [0.5, 0.6) is 0 Å². The van der Waals surface area contributed by atoms with Gasteiger partial charge in [0.25, 0.3) is 0 Å². The van der Waals surface area contributed by atoms with Gasteiger partial charge in [-0.1, -0.05) is 161 Å². The fraction of sp³-hybridized carbons (Fsp3) is 0.184. The molecule has 3 atom stereocenters. The minimum absolute atomic E-state index is 0.171. The summed E-state index contributed by atoms with van der Waals surface area (Å²) in [5.41, 5.74) is 14.7. The van der Waals surface area contributed by atoms with E-state index < -0.39 is 0 Å². The zero-order valence-corrected chi connectivity index (χ0v) is 29.8. The van der Waals surface area contributed by atoms with E-state index in [0.29, 0.717) is 0 Å². The maximum Gasteiger partial charge on any atom is 0.0467 e. The van der Waals surface area contributed by atoms with Gasteiger partial charge in [0.1, 0.15) is 0 Å². The number of hydrogen-bond donors (Lipinski definition) is 0. The lowest BCUT2D eigenvalue weighted by molar-refractivity contribution is 0.211. The summed E-state index contributed by atoms with van der Waals surface area (Å²) in [6, 6.07) is 39.4. The molecule has 0 N–H and O–H groups in total. The van der Waals surface area contributed by atoms with Crippen molar-refractivity contribution in [3.8, 4) is 22.3 Å². The van der Waals surface area contributed by atoms with Crippen molar-refractivity contribution in [3.63, 3.8) is 0 Å². The Morgan fingerprint density at radius 1 is 0.620 bits per heavy atom. The van der Waals surface area contributed by atoms with Crippen molar-refractivity contribution in [3.05, 3.63) is 204 Å². The number of nitrogens with zero attached hydrogens (tertiary/aromatic N) is 1. The van der Waals surface area contributed by atoms with Gasteiger partial charge in [0, 0.05) is 28.4 Å². The first kappa shape index (κ1) is 31.8. The molecule has 4 aromatic rings. The molecular formula is C49H45N. The van der Waals surface area contributed by atoms with Gasteiger partial charge < -0.3 is 4.90 Å². The number of allylic oxidation sites excluding steroid dienone is 15. The van der Waals surface area contributed by atoms with Crippen LogP contribution in [0.1, 0.15) is 34.6 Å². The molecule has 9 rings (SSSR count). The Morgan fingerprint density at radius 2 is 1.28 bits per heavy atom. The summed E-state index contributed by atoms with van der Waals surface area (Å²) in [7, 11) is 0. The first-order chi connectivity index (χ1) is 24.2. The van der Waals surface area contributed by atoms with Crippen molar-refractivity contribution in [2.24, 2.45) is 22.7 Å². The third kappa shape index (κ3) is 5.42. The molecule has 5 aliphatic carbocycles. The van der Waals surface area contributed by atoms with E-state index in [1.54, 1.807) is 0 Å². The third-order valence-corrected chi connectivity index (χ3v) is 11.6. The Balaban J connectivity index is 1.39. The predicted octanol–water partition coefficient (Wildman–Crippen LogP) is 13.1. The summed E-state index contributed by atoms with van der Waals surface area (Å²) in [6.45, 7) is 12.1. The molecule has 0 heterocycles. The van der Waals surface area contributed by atoms with Gasteiger partial charge in [0.2, 0.25) is 0 Å². The molecule has 0 saturated heterocycles. The Hall–Kier alpha value is -5.40. The zero-order chi connectivity index (χ0) is 34.5. The Bertz CT molecular complexity index is 2200. The molecule has 5 bridgehead atoms. The van der Waals surface area contributed by atoms with Crippen LogP contribution in [-0.2, 0) is 0 Å². The van der Waals surface area contributed by atoms with E-state index in [1.807, 2.05) is 0 Å². The van der Waals surface area contributed by atoms with Crippen LogP contribution in [0.4, 0.5) is 11.4 Å². The molecule has 3 unspecified atom stereocenters. The van der Waals surface area contributed by atoms with Crippen molar-refractivity contribution < 1.29 is 0 Å². The van der Waals surface area contributed by atoms with Gasteiger partial charge in [-0.2, -0.15) is 0 Å². The molecule has 1 heteroatoms. The van der Waals surface area contributed by atoms with Gasteiger partial charge in [-0.15, -0.1) is 0 Å². The standard InChI is InChI=1S/C49H45N/c1-34-40-20-12-21-41-27-30-44(32-46-35(2)45(34)23-14-24-47(48(46,3)4)49(41,5)33-40)50(42-28-25-38(26-29-42)36-15-8-6-9-16-36)43-22-13-19-39(31-43)37-17-10-7-11-18-37/h6-34,47H,1-5H3/b24-14-,30-27+,44-32+,45-23-,46-35-. The Labute approximate surface area is 298 Å². The fourth-order valence-electron chi connectivity index (χ4n) is 8.87. The summed E-state index contributed by atoms with van der Waals surface area (Å²) in [5, 5.41) is 0. The van der Waals surface area contributed by atoms with Crippen LogP contribution in [0.15, 0.2) is 204 Å². The predicted molar refractivity (Wildman–Crippen MR) is 213 cm³/mol. The van der Waals surface area contributed by atoms with Gasteiger partial charge in [-0.3, -0.25) is 0 Å². The van der Waals surface area contributed by atoms with Gasteiger partial charge in [0.05, 0.1) is 0 Å². The molecule has 0 aromatic heterocycles. The highest BCUT2D eigenvalue weighted by atomic mass is 15.1. The quantitative estimate of drug-likeness (QED) is 0.208. The van der Waals surface area contributed by atoms with Gasteiger partial charge in [0.15, 0.2) is 0 Å². The second-order valence-corrected chi connectivity index (χ2v) is 14.9. The number of fused-ring (bicyclic) bond motifs is 1. The SMILES string of the molecule is CC1=C2\C=C(N(c3ccc(-c4ccccc4)cc3)c3cccc(-c4ccccc4)c3)/C=C/C3=CC=CC4=CC3(C)C(\C=C/C=C\1C4C)C2(C)C. The molecule has 246 valence electrons. The van der Waals surface area contributed by atoms with E-state index in [4.69, 9.17) is 0 Å². The third-order valence-electron chi connectivity index (χ3n) is 11.6. The number of anilines is 2. The lowest BCUT2D eigenvalue weighted by Crippen LogP contribution is -2.38. The van der Waals surface area contributed by atoms with Crippen LogP contribution in [0.25, 0.3) is 22.3 Å². The van der Waals surface area contributed by atoms with E-state index in [2.05, 4.69) is 209 Å². The second-order valence-electron chi connectivity index (χ2n) is 14.9. The molecule has 4 aromatic carbocycles. The molecule has 0 spiro atoms. The first-order valence-corrected chi connectivity index (χ1v) is 18.0. The van der Waals surface area contributed by atoms with Gasteiger partial charge >= 0.3 is 0 Å². The lowest BCUT2D eigenvalue weighted by Gasteiger charge is -2.46. The Morgan fingerprint density at radius 3 is 2.00 bits per heavy atom. The molecule has 1 nitrogen and oxygen atoms in total. The largest absolute Gasteiger partial charge is 0.310 e. The lowest BCUT2D eigenvalue weighted by atomic mass is 9.57. The Kier molecular flexibility index (Phi) is 7.95. The number of benzene rings is 4. The van der Waals surface area contributed by atoms with Crippen molar-refractivity contribution in [2.75, 3.05) is 4.90 Å². The van der Waals surface area contributed by atoms with Gasteiger partial charge in [-0.05, 0) is 105 Å². The smallest absolute Gasteiger partial charge is 0.0467 e. The normalized spacial score (nSPS) is 28.1. The summed E-state index contributed by atoms with van der Waals surface area (Å²) in [5.74, 6) is 0.513. The molecule has 0 saturated carbocycles. The van der Waals surface area contributed by atoms with E-state index in [1.165, 1.54) is 50.1 Å². The van der Waals surface area contributed by atoms with Crippen LogP contribution in [-0.4, -0.2) is 0 Å². The topological polar surface area (TPSA) is 3.24 Å². The highest BCUT2D eigenvalue weighted by Gasteiger charge is 2.47. The number of rotatable bonds is 5. The van der Waals surface area contributed by atoms with Crippen molar-refractivity contribution >= 4 is 11.4 Å². The summed E-state index contributed by atoms with van der Waals surface area (Å²) in [4.78, 5) is 2.45. The second kappa shape index (κ2) is 12.5. The molecular weight excluding hydrogens is 603 g/mol. The van der Waals surface area contributed by atoms with Crippen LogP contribution >= 0.6 is 0 Å². The minimum atomic E-state index is -0.207. The molecule has 0 aliphatic heterocycles. The highest BCUT2D eigenvalue weighted by molar-refractivity contribution is 5.78. The highest BCUT2D eigenvalue weighted by Crippen LogP contribution is 2.57. The first-order valence-electron chi connectivity index (χ1n) is 18.0. The average molecular weight is 648 g/mol. The zero-order valence-electron chi connectivity index (χ0n) is 29.8. The van der Waals surface area contributed by atoms with Crippen LogP contribution < -0.4 is 4.90 Å². The van der Waals surface area contributed by atoms with Crippen LogP contribution in [0.3, 0.4) is 0 Å². The van der Waals surface area contributed by atoms with E-state index in [9.17, 15) is 0 Å². The number of hydrogen-bond acceptors (Lipinski definition) is 1. The van der Waals surface area contributed by atoms with E-state index in [-0.39, 0.29) is 22.7 Å². The van der Waals surface area contributed by atoms with Crippen molar-refractivity contribution in [1.82, 2.24) is 0 Å². The summed E-state index contributed by atoms with van der Waals surface area (Å²) in [6.07, 6.45) is 24.0. The molecule has 0 fully saturated rings. The van der Waals surface area contributed by atoms with Crippen LogP contribution in [0.2, 0.25) is 0 Å². The van der Waals surface area contributed by atoms with Gasteiger partial charge in [-0.25, -0.2) is 0 Å². The molecule has 0 amide bonds.